The topological polar surface area (TPSA) is 9.23 Å². The molecule has 90 valence electrons. The molecule has 1 nitrogen and oxygen atoms in total. The molecule has 2 saturated carbocycles. The zero-order valence-corrected chi connectivity index (χ0v) is 12.2. The lowest BCUT2D eigenvalue weighted by Gasteiger charge is -2.18. The van der Waals surface area contributed by atoms with Crippen molar-refractivity contribution in [3.63, 3.8) is 0 Å². The molecule has 2 rings (SSSR count). The molecule has 3 atom stereocenters. The second-order valence-electron chi connectivity index (χ2n) is 6.16. The Bertz CT molecular complexity index is 185. The predicted molar refractivity (Wildman–Crippen MR) is 69.6 cm³/mol. The van der Waals surface area contributed by atoms with E-state index in [9.17, 15) is 0 Å². The number of rotatable bonds is 2. The van der Waals surface area contributed by atoms with Gasteiger partial charge >= 0.3 is 0 Å². The Balaban J connectivity index is 0.000000167. The van der Waals surface area contributed by atoms with Crippen molar-refractivity contribution in [2.24, 2.45) is 17.8 Å². The first kappa shape index (κ1) is 13.2. The van der Waals surface area contributed by atoms with Crippen LogP contribution in [0.1, 0.15) is 39.0 Å². The molecule has 0 saturated heterocycles. The second-order valence-corrected chi connectivity index (χ2v) is 10.8. The summed E-state index contributed by atoms with van der Waals surface area (Å²) in [6.45, 7) is 8.83. The summed E-state index contributed by atoms with van der Waals surface area (Å²) in [7, 11) is 0.639. The second kappa shape index (κ2) is 5.49. The molecule has 3 unspecified atom stereocenters. The Kier molecular flexibility index (Phi) is 4.85. The zero-order chi connectivity index (χ0) is 11.5. The van der Waals surface area contributed by atoms with E-state index in [2.05, 4.69) is 26.6 Å². The summed E-state index contributed by atoms with van der Waals surface area (Å²) in [5.41, 5.74) is 0. The molecule has 0 heterocycles. The molecule has 0 aromatic heterocycles. The van der Waals surface area contributed by atoms with E-state index in [1.165, 1.54) is 6.42 Å². The fourth-order valence-corrected chi connectivity index (χ4v) is 2.88. The molecule has 0 spiro atoms. The van der Waals surface area contributed by atoms with Crippen molar-refractivity contribution in [3.8, 4) is 0 Å². The lowest BCUT2D eigenvalue weighted by Crippen LogP contribution is -2.22. The van der Waals surface area contributed by atoms with Gasteiger partial charge in [-0.05, 0) is 56.7 Å². The van der Waals surface area contributed by atoms with Gasteiger partial charge in [0, 0.05) is 7.11 Å². The van der Waals surface area contributed by atoms with E-state index in [-0.39, 0.29) is 0 Å². The fourth-order valence-electron chi connectivity index (χ4n) is 2.88. The van der Waals surface area contributed by atoms with Gasteiger partial charge in [-0.25, -0.2) is 0 Å². The molecular formula is C13H28OSi. The Labute approximate surface area is 96.7 Å². The van der Waals surface area contributed by atoms with Crippen LogP contribution in [0.3, 0.4) is 0 Å². The van der Waals surface area contributed by atoms with Crippen LogP contribution in [-0.4, -0.2) is 15.4 Å². The predicted octanol–water partition coefficient (Wildman–Crippen LogP) is 4.30. The maximum absolute atomic E-state index is 5.08. The van der Waals surface area contributed by atoms with Gasteiger partial charge in [0.25, 0.3) is 0 Å². The summed E-state index contributed by atoms with van der Waals surface area (Å²) in [6.07, 6.45) is 7.71. The van der Waals surface area contributed by atoms with Gasteiger partial charge in [0.15, 0.2) is 8.32 Å². The monoisotopic (exact) mass is 228 g/mol. The van der Waals surface area contributed by atoms with Crippen LogP contribution in [0.5, 0.6) is 0 Å². The summed E-state index contributed by atoms with van der Waals surface area (Å²) in [6, 6.07) is 0. The van der Waals surface area contributed by atoms with Crippen LogP contribution in [0.15, 0.2) is 0 Å². The van der Waals surface area contributed by atoms with E-state index >= 15 is 0 Å². The van der Waals surface area contributed by atoms with Gasteiger partial charge in [-0.3, -0.25) is 0 Å². The lowest BCUT2D eigenvalue weighted by atomic mass is 9.87. The maximum Gasteiger partial charge on any atom is 0.183 e. The highest BCUT2D eigenvalue weighted by atomic mass is 28.4. The first-order valence-electron chi connectivity index (χ1n) is 6.51. The average molecular weight is 228 g/mol. The Morgan fingerprint density at radius 3 is 1.93 bits per heavy atom. The molecule has 0 aliphatic heterocycles. The molecule has 2 aliphatic carbocycles. The smallest absolute Gasteiger partial charge is 0.183 e. The van der Waals surface area contributed by atoms with Gasteiger partial charge in [0.2, 0.25) is 0 Å². The molecule has 15 heavy (non-hydrogen) atoms. The Morgan fingerprint density at radius 2 is 1.73 bits per heavy atom. The standard InChI is InChI=1S/C9H16.C4H12OSi/c1-2-8-5-7-3-4-9(8)6-7;1-5-6(2,3)4/h7-9H,2-6H2,1H3;1-4H3. The molecule has 0 N–H and O–H groups in total. The molecule has 0 aromatic carbocycles. The van der Waals surface area contributed by atoms with Gasteiger partial charge in [-0.1, -0.05) is 19.8 Å². The summed E-state index contributed by atoms with van der Waals surface area (Å²) in [4.78, 5) is 0. The van der Waals surface area contributed by atoms with Crippen LogP contribution in [0, 0.1) is 17.8 Å². The van der Waals surface area contributed by atoms with Crippen molar-refractivity contribution >= 4 is 8.32 Å². The molecular weight excluding hydrogens is 200 g/mol. The van der Waals surface area contributed by atoms with Crippen molar-refractivity contribution in [1.29, 1.82) is 0 Å². The largest absolute Gasteiger partial charge is 0.421 e. The van der Waals surface area contributed by atoms with Crippen LogP contribution in [-0.2, 0) is 4.43 Å². The van der Waals surface area contributed by atoms with Gasteiger partial charge in [-0.15, -0.1) is 0 Å². The Hall–Kier alpha value is 0.177. The van der Waals surface area contributed by atoms with E-state index in [0.717, 1.165) is 17.8 Å². The minimum Gasteiger partial charge on any atom is -0.421 e. The average Bonchev–Trinajstić information content (AvgIpc) is 2.78. The highest BCUT2D eigenvalue weighted by molar-refractivity contribution is 6.69. The fraction of sp³-hybridized carbons (Fsp3) is 1.00. The summed E-state index contributed by atoms with van der Waals surface area (Å²) in [5.74, 6) is 3.43. The third-order valence-electron chi connectivity index (χ3n) is 4.02. The number of hydrogen-bond acceptors (Lipinski definition) is 1. The van der Waals surface area contributed by atoms with Crippen molar-refractivity contribution in [3.05, 3.63) is 0 Å². The van der Waals surface area contributed by atoms with E-state index in [4.69, 9.17) is 4.43 Å². The highest BCUT2D eigenvalue weighted by Gasteiger charge is 2.37. The summed E-state index contributed by atoms with van der Waals surface area (Å²) < 4.78 is 5.08. The van der Waals surface area contributed by atoms with Crippen LogP contribution in [0.4, 0.5) is 0 Å². The number of hydrogen-bond donors (Lipinski definition) is 0. The summed E-state index contributed by atoms with van der Waals surface area (Å²) >= 11 is 0. The quantitative estimate of drug-likeness (QED) is 0.640. The molecule has 2 aliphatic rings. The molecule has 0 aromatic rings. The van der Waals surface area contributed by atoms with E-state index in [1.807, 2.05) is 0 Å². The SMILES string of the molecule is CCC1CC2CCC1C2.CO[Si](C)(C)C. The number of fused-ring (bicyclic) bond motifs is 2. The zero-order valence-electron chi connectivity index (χ0n) is 11.2. The van der Waals surface area contributed by atoms with E-state index in [1.54, 1.807) is 32.8 Å². The summed E-state index contributed by atoms with van der Waals surface area (Å²) in [5, 5.41) is 0. The van der Waals surface area contributed by atoms with Gasteiger partial charge in [0.1, 0.15) is 0 Å². The minimum absolute atomic E-state index is 1.13. The van der Waals surface area contributed by atoms with Crippen LogP contribution < -0.4 is 0 Å². The lowest BCUT2D eigenvalue weighted by molar-refractivity contribution is 0.324. The third-order valence-corrected chi connectivity index (χ3v) is 5.25. The van der Waals surface area contributed by atoms with Crippen molar-refractivity contribution < 1.29 is 4.43 Å². The van der Waals surface area contributed by atoms with Crippen LogP contribution in [0.2, 0.25) is 19.6 Å². The van der Waals surface area contributed by atoms with Crippen LogP contribution in [0.25, 0.3) is 0 Å². The minimum atomic E-state index is -1.13. The van der Waals surface area contributed by atoms with Gasteiger partial charge < -0.3 is 4.43 Å². The van der Waals surface area contributed by atoms with Gasteiger partial charge in [-0.2, -0.15) is 0 Å². The highest BCUT2D eigenvalue weighted by Crippen LogP contribution is 2.49. The molecule has 0 radical (unpaired) electrons. The third kappa shape index (κ3) is 4.27. The molecule has 2 fully saturated rings. The molecule has 2 heteroatoms. The normalized spacial score (nSPS) is 33.8. The van der Waals surface area contributed by atoms with Crippen LogP contribution >= 0.6 is 0 Å². The first-order chi connectivity index (χ1) is 6.96. The maximum atomic E-state index is 5.08. The Morgan fingerprint density at radius 1 is 1.13 bits per heavy atom. The first-order valence-corrected chi connectivity index (χ1v) is 9.92. The van der Waals surface area contributed by atoms with Crippen molar-refractivity contribution in [1.82, 2.24) is 0 Å². The molecule has 2 bridgehead atoms. The van der Waals surface area contributed by atoms with E-state index < -0.39 is 8.32 Å². The van der Waals surface area contributed by atoms with Crippen molar-refractivity contribution in [2.45, 2.75) is 58.7 Å². The van der Waals surface area contributed by atoms with E-state index in [0.29, 0.717) is 0 Å². The van der Waals surface area contributed by atoms with Crippen molar-refractivity contribution in [2.75, 3.05) is 7.11 Å². The van der Waals surface area contributed by atoms with Gasteiger partial charge in [0.05, 0.1) is 0 Å². The molecule has 0 amide bonds.